The minimum atomic E-state index is -0.597. The largest absolute Gasteiger partial charge is 0.321 e. The van der Waals surface area contributed by atoms with Crippen LogP contribution < -0.4 is 16.0 Å². The van der Waals surface area contributed by atoms with Crippen LogP contribution in [0.1, 0.15) is 26.7 Å². The van der Waals surface area contributed by atoms with Crippen molar-refractivity contribution in [2.75, 3.05) is 10.6 Å². The molecule has 11 heteroatoms. The Morgan fingerprint density at radius 2 is 1.41 bits per heavy atom. The van der Waals surface area contributed by atoms with Crippen LogP contribution in [0.4, 0.5) is 17.2 Å². The molecule has 1 heterocycles. The highest BCUT2D eigenvalue weighted by Gasteiger charge is 2.23. The Morgan fingerprint density at radius 1 is 0.761 bits per heavy atom. The molecule has 1 atom stereocenters. The molecule has 1 aromatic heterocycles. The van der Waals surface area contributed by atoms with Gasteiger partial charge in [-0.25, -0.2) is 4.98 Å². The summed E-state index contributed by atoms with van der Waals surface area (Å²) in [5.41, 5.74) is 1.94. The highest BCUT2D eigenvalue weighted by atomic mass is 32.2. The zero-order chi connectivity index (χ0) is 32.3. The summed E-state index contributed by atoms with van der Waals surface area (Å²) in [6.07, 6.45) is 3.04. The smallest absolute Gasteiger partial charge is 0.272 e. The van der Waals surface area contributed by atoms with E-state index >= 15 is 0 Å². The molecule has 10 nitrogen and oxygen atoms in total. The lowest BCUT2D eigenvalue weighted by Crippen LogP contribution is -2.30. The van der Waals surface area contributed by atoms with E-state index in [1.165, 1.54) is 42.1 Å². The van der Waals surface area contributed by atoms with E-state index in [-0.39, 0.29) is 17.3 Å². The number of nitro benzene ring substituents is 1. The number of carbonyl (C=O) groups is 3. The third-order valence-electron chi connectivity index (χ3n) is 6.57. The van der Waals surface area contributed by atoms with E-state index in [4.69, 9.17) is 0 Å². The highest BCUT2D eigenvalue weighted by molar-refractivity contribution is 8.00. The van der Waals surface area contributed by atoms with Gasteiger partial charge in [0.05, 0.1) is 4.92 Å². The zero-order valence-electron chi connectivity index (χ0n) is 24.2. The van der Waals surface area contributed by atoms with Crippen LogP contribution in [0.5, 0.6) is 0 Å². The average Bonchev–Trinajstić information content (AvgIpc) is 3.09. The number of carbonyl (C=O) groups excluding carboxylic acids is 3. The molecule has 0 spiro atoms. The Labute approximate surface area is 268 Å². The lowest BCUT2D eigenvalue weighted by Gasteiger charge is -2.17. The van der Waals surface area contributed by atoms with Gasteiger partial charge in [-0.3, -0.25) is 24.5 Å². The van der Waals surface area contributed by atoms with Crippen molar-refractivity contribution in [2.24, 2.45) is 0 Å². The number of pyridine rings is 1. The van der Waals surface area contributed by atoms with Gasteiger partial charge in [0.25, 0.3) is 17.5 Å². The van der Waals surface area contributed by atoms with Gasteiger partial charge in [0.1, 0.15) is 16.8 Å². The number of rotatable bonds is 11. The Kier molecular flexibility index (Phi) is 10.3. The van der Waals surface area contributed by atoms with Crippen molar-refractivity contribution in [3.8, 4) is 0 Å². The molecule has 46 heavy (non-hydrogen) atoms. The van der Waals surface area contributed by atoms with Crippen molar-refractivity contribution in [1.29, 1.82) is 0 Å². The molecular formula is C35H27N5O5S. The van der Waals surface area contributed by atoms with Gasteiger partial charge in [0.2, 0.25) is 5.91 Å². The van der Waals surface area contributed by atoms with Crippen LogP contribution in [0, 0.1) is 10.1 Å². The lowest BCUT2D eigenvalue weighted by molar-refractivity contribution is -0.384. The predicted octanol–water partition coefficient (Wildman–Crippen LogP) is 6.87. The topological polar surface area (TPSA) is 143 Å². The molecule has 5 aromatic rings. The van der Waals surface area contributed by atoms with Gasteiger partial charge in [0, 0.05) is 34.5 Å². The molecule has 1 unspecified atom stereocenters. The first-order valence-electron chi connectivity index (χ1n) is 14.0. The van der Waals surface area contributed by atoms with E-state index in [1.54, 1.807) is 79.0 Å². The molecule has 4 aromatic carbocycles. The Hall–Kier alpha value is -6.07. The summed E-state index contributed by atoms with van der Waals surface area (Å²) in [6, 6.07) is 35.6. The van der Waals surface area contributed by atoms with Gasteiger partial charge >= 0.3 is 0 Å². The molecule has 228 valence electrons. The van der Waals surface area contributed by atoms with Gasteiger partial charge in [-0.1, -0.05) is 54.6 Å². The van der Waals surface area contributed by atoms with Crippen LogP contribution in [0.2, 0.25) is 0 Å². The maximum atomic E-state index is 13.4. The molecule has 0 fully saturated rings. The van der Waals surface area contributed by atoms with Crippen LogP contribution in [-0.2, 0) is 9.59 Å². The summed E-state index contributed by atoms with van der Waals surface area (Å²) in [5.74, 6) is -0.877. The van der Waals surface area contributed by atoms with E-state index in [0.29, 0.717) is 22.6 Å². The molecule has 0 saturated carbocycles. The van der Waals surface area contributed by atoms with Crippen LogP contribution in [0.25, 0.3) is 6.08 Å². The Morgan fingerprint density at radius 3 is 2.04 bits per heavy atom. The summed E-state index contributed by atoms with van der Waals surface area (Å²) in [6.45, 7) is 0. The monoisotopic (exact) mass is 629 g/mol. The SMILES string of the molecule is O=C(Nc1ccc(SC(C(=O)Nc2ccccn2)c2ccccc2)cc1)/C(=C/c1ccc([N+](=O)[O-])cc1)NC(=O)c1ccccc1. The zero-order valence-corrected chi connectivity index (χ0v) is 25.0. The predicted molar refractivity (Wildman–Crippen MR) is 178 cm³/mol. The van der Waals surface area contributed by atoms with Crippen molar-refractivity contribution in [1.82, 2.24) is 10.3 Å². The number of non-ortho nitro benzene ring substituents is 1. The van der Waals surface area contributed by atoms with Crippen molar-refractivity contribution >= 4 is 52.8 Å². The number of nitrogens with zero attached hydrogens (tertiary/aromatic N) is 2. The molecule has 0 saturated heterocycles. The molecule has 0 aliphatic rings. The fraction of sp³-hybridized carbons (Fsp3) is 0.0286. The third-order valence-corrected chi connectivity index (χ3v) is 7.83. The quantitative estimate of drug-likeness (QED) is 0.0626. The van der Waals surface area contributed by atoms with Gasteiger partial charge < -0.3 is 16.0 Å². The first kappa shape index (κ1) is 31.4. The minimum Gasteiger partial charge on any atom is -0.321 e. The van der Waals surface area contributed by atoms with Crippen molar-refractivity contribution < 1.29 is 19.3 Å². The second kappa shape index (κ2) is 15.1. The average molecular weight is 630 g/mol. The number of nitrogens with one attached hydrogen (secondary N) is 3. The number of aromatic nitrogens is 1. The number of benzene rings is 4. The first-order chi connectivity index (χ1) is 22.4. The molecule has 0 bridgehead atoms. The van der Waals surface area contributed by atoms with Crippen molar-refractivity contribution in [3.63, 3.8) is 0 Å². The fourth-order valence-corrected chi connectivity index (χ4v) is 5.31. The molecule has 3 N–H and O–H groups in total. The molecule has 0 aliphatic heterocycles. The molecule has 0 radical (unpaired) electrons. The summed E-state index contributed by atoms with van der Waals surface area (Å²) in [7, 11) is 0. The maximum Gasteiger partial charge on any atom is 0.272 e. The lowest BCUT2D eigenvalue weighted by atomic mass is 10.1. The number of nitro groups is 1. The van der Waals surface area contributed by atoms with Gasteiger partial charge in [-0.05, 0) is 77.9 Å². The van der Waals surface area contributed by atoms with Gasteiger partial charge in [0.15, 0.2) is 0 Å². The number of anilines is 2. The number of hydrogen-bond acceptors (Lipinski definition) is 7. The summed E-state index contributed by atoms with van der Waals surface area (Å²) >= 11 is 1.35. The van der Waals surface area contributed by atoms with E-state index < -0.39 is 22.0 Å². The Bertz CT molecular complexity index is 1850. The first-order valence-corrected chi connectivity index (χ1v) is 14.9. The van der Waals surface area contributed by atoms with Crippen LogP contribution in [-0.4, -0.2) is 27.6 Å². The molecule has 5 rings (SSSR count). The van der Waals surface area contributed by atoms with E-state index in [0.717, 1.165) is 10.5 Å². The van der Waals surface area contributed by atoms with Crippen LogP contribution in [0.15, 0.2) is 144 Å². The summed E-state index contributed by atoms with van der Waals surface area (Å²) in [5, 5.41) is 18.8. The van der Waals surface area contributed by atoms with Crippen LogP contribution in [0.3, 0.4) is 0 Å². The summed E-state index contributed by atoms with van der Waals surface area (Å²) < 4.78 is 0. The number of hydrogen-bond donors (Lipinski definition) is 3. The highest BCUT2D eigenvalue weighted by Crippen LogP contribution is 2.36. The van der Waals surface area contributed by atoms with Crippen LogP contribution >= 0.6 is 11.8 Å². The van der Waals surface area contributed by atoms with E-state index in [1.807, 2.05) is 30.3 Å². The maximum absolute atomic E-state index is 13.4. The second-order valence-corrected chi connectivity index (χ2v) is 11.0. The van der Waals surface area contributed by atoms with Crippen molar-refractivity contribution in [3.05, 3.63) is 166 Å². The van der Waals surface area contributed by atoms with Crippen molar-refractivity contribution in [2.45, 2.75) is 10.1 Å². The van der Waals surface area contributed by atoms with E-state index in [2.05, 4.69) is 20.9 Å². The number of thioether (sulfide) groups is 1. The van der Waals surface area contributed by atoms with Gasteiger partial charge in [-0.2, -0.15) is 0 Å². The molecule has 3 amide bonds. The fourth-order valence-electron chi connectivity index (χ4n) is 4.28. The minimum absolute atomic E-state index is 0.0588. The second-order valence-electron chi connectivity index (χ2n) is 9.82. The van der Waals surface area contributed by atoms with Gasteiger partial charge in [-0.15, -0.1) is 11.8 Å². The Balaban J connectivity index is 1.33. The molecular weight excluding hydrogens is 602 g/mol. The van der Waals surface area contributed by atoms with E-state index in [9.17, 15) is 24.5 Å². The third kappa shape index (κ3) is 8.52. The normalized spacial score (nSPS) is 11.6. The molecule has 0 aliphatic carbocycles. The summed E-state index contributed by atoms with van der Waals surface area (Å²) in [4.78, 5) is 55.1. The number of amides is 3. The standard InChI is InChI=1S/C35H27N5O5S/c41-33(26-11-5-2-6-12-26)38-30(23-24-14-18-28(19-15-24)40(44)45)34(42)37-27-16-20-29(21-17-27)46-32(25-9-3-1-4-10-25)35(43)39-31-13-7-8-22-36-31/h1-23,32H,(H,37,42)(H,38,41)(H,36,39,43)/b30-23-.